The van der Waals surface area contributed by atoms with Gasteiger partial charge in [0, 0.05) is 126 Å². The van der Waals surface area contributed by atoms with Crippen LogP contribution in [0.4, 0.5) is 0 Å². The molecule has 0 saturated heterocycles. The zero-order chi connectivity index (χ0) is 0. The molecule has 6 heavy (non-hydrogen) atoms. The smallest absolute Gasteiger partial charge is 0 e. The zero-order valence-electron chi connectivity index (χ0n) is 2.47. The van der Waals surface area contributed by atoms with Crippen LogP contribution in [0.3, 0.4) is 0 Å². The number of hydrogen-bond acceptors (Lipinski definition) is 0. The van der Waals surface area contributed by atoms with Gasteiger partial charge in [-0.25, -0.2) is 0 Å². The van der Waals surface area contributed by atoms with Crippen molar-refractivity contribution in [3.05, 3.63) is 0 Å². The van der Waals surface area contributed by atoms with Crippen molar-refractivity contribution in [1.82, 2.24) is 0 Å². The van der Waals surface area contributed by atoms with Gasteiger partial charge >= 0.3 is 0 Å². The molecule has 0 N–H and O–H groups in total. The van der Waals surface area contributed by atoms with E-state index in [2.05, 4.69) is 0 Å². The maximum Gasteiger partial charge on any atom is 0 e. The fourth-order valence-corrected chi connectivity index (χ4v) is 0. The predicted molar refractivity (Wildman–Crippen MR) is 5.75 cm³/mol. The normalized spacial score (nSPS) is 0. The molecule has 0 spiro atoms. The van der Waals surface area contributed by atoms with Crippen LogP contribution in [0.2, 0.25) is 0 Å². The molecule has 0 aromatic carbocycles. The molecule has 0 bridgehead atoms. The molecule has 0 amide bonds. The van der Waals surface area contributed by atoms with Gasteiger partial charge in [0.05, 0.1) is 0 Å². The van der Waals surface area contributed by atoms with Crippen molar-refractivity contribution < 1.29 is 98.4 Å². The summed E-state index contributed by atoms with van der Waals surface area (Å²) < 4.78 is 0. The van der Waals surface area contributed by atoms with Crippen LogP contribution in [-0.2, 0) is 98.4 Å². The second kappa shape index (κ2) is 35.7. The molecule has 0 aliphatic heterocycles. The maximum absolute atomic E-state index is 0. The van der Waals surface area contributed by atoms with E-state index in [1.165, 1.54) is 0 Å². The summed E-state index contributed by atoms with van der Waals surface area (Å²) in [7, 11) is 0. The summed E-state index contributed by atoms with van der Waals surface area (Å²) in [6.45, 7) is 0. The van der Waals surface area contributed by atoms with E-state index in [0.29, 0.717) is 0 Å². The van der Waals surface area contributed by atoms with Crippen LogP contribution in [-0.4, -0.2) is 27.3 Å². The van der Waals surface area contributed by atoms with Crippen molar-refractivity contribution in [3.8, 4) is 0 Å². The molecule has 7 radical (unpaired) electrons. The molecule has 0 rings (SSSR count). The van der Waals surface area contributed by atoms with Crippen LogP contribution < -0.4 is 0 Å². The van der Waals surface area contributed by atoms with Gasteiger partial charge in [-0.3, -0.25) is 0 Å². The molecule has 0 aromatic heterocycles. The van der Waals surface area contributed by atoms with Crippen molar-refractivity contribution in [2.45, 2.75) is 0 Å². The summed E-state index contributed by atoms with van der Waals surface area (Å²) in [6, 6.07) is 0. The van der Waals surface area contributed by atoms with Gasteiger partial charge in [-0.15, -0.1) is 0 Å². The van der Waals surface area contributed by atoms with E-state index in [1.807, 2.05) is 0 Å². The topological polar surface area (TPSA) is 0 Å². The Labute approximate surface area is 123 Å². The Balaban J connectivity index is 0. The second-order valence-electron chi connectivity index (χ2n) is 0. The van der Waals surface area contributed by atoms with Gasteiger partial charge in [-0.1, -0.05) is 0 Å². The van der Waals surface area contributed by atoms with Crippen LogP contribution in [0.25, 0.3) is 0 Å². The van der Waals surface area contributed by atoms with Gasteiger partial charge in [-0.05, 0) is 0 Å². The average Bonchev–Trinajstić information content (AvgIpc) is 0. The van der Waals surface area contributed by atoms with E-state index < -0.39 is 0 Å². The molecule has 0 heterocycles. The average molecular weight is 697 g/mol. The molecule has 0 aromatic rings. The van der Waals surface area contributed by atoms with Crippen molar-refractivity contribution in [2.24, 2.45) is 0 Å². The van der Waals surface area contributed by atoms with Gasteiger partial charge in [0.2, 0.25) is 0 Å². The Kier molecular flexibility index (Phi) is 298. The summed E-state index contributed by atoms with van der Waals surface area (Å²) in [5.74, 6) is 0. The molecular formula is AgAuCuFePbZn. The number of rotatable bonds is 0. The summed E-state index contributed by atoms with van der Waals surface area (Å²) in [5, 5.41) is 0. The molecule has 0 aliphatic rings. The minimum absolute atomic E-state index is 0. The Morgan fingerprint density at radius 2 is 1.00 bits per heavy atom. The van der Waals surface area contributed by atoms with Gasteiger partial charge in [0.1, 0.15) is 0 Å². The minimum atomic E-state index is 0. The third-order valence-electron chi connectivity index (χ3n) is 0. The van der Waals surface area contributed by atoms with E-state index in [1.54, 1.807) is 0 Å². The van der Waals surface area contributed by atoms with Crippen LogP contribution in [0.5, 0.6) is 0 Å². The minimum Gasteiger partial charge on any atom is 0 e. The standard InChI is InChI=1S/Ag.Au.Cu.Fe.Pb.Zn. The third kappa shape index (κ3) is 24.4. The quantitative estimate of drug-likeness (QED) is 0.303. The first-order chi connectivity index (χ1) is 0. The van der Waals surface area contributed by atoms with Crippen LogP contribution in [0, 0.1) is 0 Å². The van der Waals surface area contributed by atoms with Crippen LogP contribution in [0.15, 0.2) is 0 Å². The SMILES string of the molecule is [Ag].[Au].[Cu].[Fe].[Pb].[Zn]. The molecule has 0 aliphatic carbocycles. The first kappa shape index (κ1) is 50.1. The number of hydrogen-bond donors (Lipinski definition) is 0. The van der Waals surface area contributed by atoms with Gasteiger partial charge in [-0.2, -0.15) is 0 Å². The van der Waals surface area contributed by atoms with E-state index >= 15 is 0 Å². The van der Waals surface area contributed by atoms with Crippen LogP contribution >= 0.6 is 0 Å². The van der Waals surface area contributed by atoms with Gasteiger partial charge in [0.15, 0.2) is 0 Å². The summed E-state index contributed by atoms with van der Waals surface area (Å²) >= 11 is 0. The van der Waals surface area contributed by atoms with Crippen molar-refractivity contribution in [1.29, 1.82) is 0 Å². The largest absolute Gasteiger partial charge is 0 e. The first-order valence-electron chi connectivity index (χ1n) is 0. The van der Waals surface area contributed by atoms with Crippen molar-refractivity contribution >= 4 is 27.3 Å². The van der Waals surface area contributed by atoms with E-state index in [0.717, 1.165) is 0 Å². The fraction of sp³-hybridized carbons (Fsp3) is 0. The van der Waals surface area contributed by atoms with E-state index in [4.69, 9.17) is 0 Å². The van der Waals surface area contributed by atoms with Gasteiger partial charge in [0.25, 0.3) is 0 Å². The molecule has 0 saturated carbocycles. The van der Waals surface area contributed by atoms with Crippen LogP contribution in [0.1, 0.15) is 0 Å². The molecular weight excluding hydrogens is 697 g/mol. The molecule has 0 nitrogen and oxygen atoms in total. The second-order valence-corrected chi connectivity index (χ2v) is 0. The Morgan fingerprint density at radius 3 is 1.00 bits per heavy atom. The third-order valence-corrected chi connectivity index (χ3v) is 0. The maximum atomic E-state index is 0. The monoisotopic (exact) mass is 695 g/mol. The predicted octanol–water partition coefficient (Wildman–Crippen LogP) is -0.393. The first-order valence-corrected chi connectivity index (χ1v) is 0. The van der Waals surface area contributed by atoms with Crippen molar-refractivity contribution in [3.63, 3.8) is 0 Å². The summed E-state index contributed by atoms with van der Waals surface area (Å²) in [4.78, 5) is 0. The molecule has 0 fully saturated rings. The van der Waals surface area contributed by atoms with E-state index in [9.17, 15) is 0 Å². The Morgan fingerprint density at radius 1 is 1.00 bits per heavy atom. The molecule has 0 atom stereocenters. The van der Waals surface area contributed by atoms with Crippen molar-refractivity contribution in [2.75, 3.05) is 0 Å². The Bertz CT molecular complexity index is 15.5. The van der Waals surface area contributed by atoms with E-state index in [-0.39, 0.29) is 126 Å². The fourth-order valence-electron chi connectivity index (χ4n) is 0. The molecule has 6 heteroatoms. The molecule has 47 valence electrons. The Hall–Kier alpha value is 4.06. The summed E-state index contributed by atoms with van der Waals surface area (Å²) in [5.41, 5.74) is 0. The van der Waals surface area contributed by atoms with Gasteiger partial charge < -0.3 is 0 Å². The summed E-state index contributed by atoms with van der Waals surface area (Å²) in [6.07, 6.45) is 0. The zero-order valence-corrected chi connectivity index (χ0v) is 15.0. The molecule has 0 unspecified atom stereocenters.